The van der Waals surface area contributed by atoms with Gasteiger partial charge in [-0.2, -0.15) is 8.42 Å². The molecule has 4 nitrogen and oxygen atoms in total. The van der Waals surface area contributed by atoms with Gasteiger partial charge < -0.3 is 4.74 Å². The number of ether oxygens (including phenoxy) is 1. The molecule has 0 aromatic rings. The summed E-state index contributed by atoms with van der Waals surface area (Å²) in [5, 5.41) is 0. The lowest BCUT2D eigenvalue weighted by atomic mass is 10.8. The minimum atomic E-state index is -3.32. The molecule has 5 heteroatoms. The summed E-state index contributed by atoms with van der Waals surface area (Å²) < 4.78 is 29.5. The summed E-state index contributed by atoms with van der Waals surface area (Å²) >= 11 is 0. The van der Waals surface area contributed by atoms with E-state index in [1.807, 2.05) is 0 Å². The van der Waals surface area contributed by atoms with Gasteiger partial charge in [-0.3, -0.25) is 4.18 Å². The molecule has 0 aliphatic heterocycles. The first-order valence-electron chi connectivity index (χ1n) is 2.63. The van der Waals surface area contributed by atoms with Crippen LogP contribution in [0.2, 0.25) is 0 Å². The van der Waals surface area contributed by atoms with E-state index in [0.717, 1.165) is 6.26 Å². The Kier molecular flexibility index (Phi) is 4.06. The standard InChI is InChI=1S/C5H10O4S/c1-3-8-4-5-9-10(2,6)7/h3H,1,4-5H2,2H3. The summed E-state index contributed by atoms with van der Waals surface area (Å²) in [7, 11) is -3.32. The van der Waals surface area contributed by atoms with Crippen molar-refractivity contribution >= 4 is 10.1 Å². The fraction of sp³-hybridized carbons (Fsp3) is 0.600. The zero-order valence-electron chi connectivity index (χ0n) is 5.74. The largest absolute Gasteiger partial charge is 0.499 e. The average molecular weight is 166 g/mol. The van der Waals surface area contributed by atoms with E-state index in [9.17, 15) is 8.42 Å². The van der Waals surface area contributed by atoms with Crippen LogP contribution in [0.4, 0.5) is 0 Å². The van der Waals surface area contributed by atoms with Crippen LogP contribution in [0.15, 0.2) is 12.8 Å². The van der Waals surface area contributed by atoms with Crippen molar-refractivity contribution in [2.24, 2.45) is 0 Å². The normalized spacial score (nSPS) is 10.9. The van der Waals surface area contributed by atoms with Crippen molar-refractivity contribution < 1.29 is 17.3 Å². The van der Waals surface area contributed by atoms with Crippen molar-refractivity contribution in [2.75, 3.05) is 19.5 Å². The number of hydrogen-bond acceptors (Lipinski definition) is 4. The molecule has 0 rings (SSSR count). The van der Waals surface area contributed by atoms with Gasteiger partial charge in [0.25, 0.3) is 10.1 Å². The van der Waals surface area contributed by atoms with Crippen molar-refractivity contribution in [1.82, 2.24) is 0 Å². The van der Waals surface area contributed by atoms with Gasteiger partial charge in [0.1, 0.15) is 13.2 Å². The maximum atomic E-state index is 10.3. The molecule has 60 valence electrons. The lowest BCUT2D eigenvalue weighted by Gasteiger charge is -1.99. The summed E-state index contributed by atoms with van der Waals surface area (Å²) in [4.78, 5) is 0. The highest BCUT2D eigenvalue weighted by Gasteiger charge is 1.98. The Morgan fingerprint density at radius 3 is 2.50 bits per heavy atom. The van der Waals surface area contributed by atoms with Crippen LogP contribution in [0.5, 0.6) is 0 Å². The van der Waals surface area contributed by atoms with Gasteiger partial charge in [0, 0.05) is 0 Å². The Hall–Kier alpha value is -0.550. The first kappa shape index (κ1) is 9.45. The Morgan fingerprint density at radius 2 is 2.10 bits per heavy atom. The fourth-order valence-corrected chi connectivity index (χ4v) is 0.688. The Balaban J connectivity index is 3.29. The molecule has 0 fully saturated rings. The van der Waals surface area contributed by atoms with E-state index >= 15 is 0 Å². The third-order valence-corrected chi connectivity index (χ3v) is 1.21. The number of hydrogen-bond donors (Lipinski definition) is 0. The summed E-state index contributed by atoms with van der Waals surface area (Å²) in [6, 6.07) is 0. The molecule has 0 amide bonds. The van der Waals surface area contributed by atoms with Crippen molar-refractivity contribution in [2.45, 2.75) is 0 Å². The monoisotopic (exact) mass is 166 g/mol. The second kappa shape index (κ2) is 4.29. The Bertz CT molecular complexity index is 182. The average Bonchev–Trinajstić information content (AvgIpc) is 1.78. The summed E-state index contributed by atoms with van der Waals surface area (Å²) in [5.41, 5.74) is 0. The molecule has 0 unspecified atom stereocenters. The molecular weight excluding hydrogens is 156 g/mol. The van der Waals surface area contributed by atoms with E-state index in [4.69, 9.17) is 0 Å². The van der Waals surface area contributed by atoms with Crippen LogP contribution in [0.3, 0.4) is 0 Å². The molecule has 0 saturated carbocycles. The van der Waals surface area contributed by atoms with Gasteiger partial charge in [-0.25, -0.2) is 0 Å². The Labute approximate surface area is 60.6 Å². The molecule has 0 saturated heterocycles. The molecule has 0 aromatic heterocycles. The molecule has 0 aliphatic rings. The Morgan fingerprint density at radius 1 is 1.50 bits per heavy atom. The van der Waals surface area contributed by atoms with Gasteiger partial charge in [-0.15, -0.1) is 0 Å². The molecule has 0 N–H and O–H groups in total. The zero-order valence-corrected chi connectivity index (χ0v) is 6.56. The predicted molar refractivity (Wildman–Crippen MR) is 36.9 cm³/mol. The molecule has 0 aliphatic carbocycles. The van der Waals surface area contributed by atoms with Crippen molar-refractivity contribution in [3.05, 3.63) is 12.8 Å². The molecule has 0 aromatic carbocycles. The third-order valence-electron chi connectivity index (χ3n) is 0.616. The van der Waals surface area contributed by atoms with Gasteiger partial charge in [0.15, 0.2) is 0 Å². The van der Waals surface area contributed by atoms with Gasteiger partial charge in [0.05, 0.1) is 12.5 Å². The molecule has 0 heterocycles. The van der Waals surface area contributed by atoms with Gasteiger partial charge in [-0.1, -0.05) is 6.58 Å². The maximum Gasteiger partial charge on any atom is 0.264 e. The van der Waals surface area contributed by atoms with Gasteiger partial charge in [0.2, 0.25) is 0 Å². The quantitative estimate of drug-likeness (QED) is 0.331. The van der Waals surface area contributed by atoms with Gasteiger partial charge in [-0.05, 0) is 0 Å². The first-order valence-corrected chi connectivity index (χ1v) is 4.45. The van der Waals surface area contributed by atoms with Crippen molar-refractivity contribution in [1.29, 1.82) is 0 Å². The van der Waals surface area contributed by atoms with Crippen molar-refractivity contribution in [3.8, 4) is 0 Å². The molecule has 10 heavy (non-hydrogen) atoms. The second-order valence-electron chi connectivity index (χ2n) is 1.56. The van der Waals surface area contributed by atoms with Crippen LogP contribution in [0.1, 0.15) is 0 Å². The van der Waals surface area contributed by atoms with E-state index in [1.54, 1.807) is 0 Å². The minimum Gasteiger partial charge on any atom is -0.499 e. The highest BCUT2D eigenvalue weighted by atomic mass is 32.2. The van der Waals surface area contributed by atoms with Crippen LogP contribution in [-0.4, -0.2) is 27.9 Å². The van der Waals surface area contributed by atoms with Crippen LogP contribution in [-0.2, 0) is 19.0 Å². The van der Waals surface area contributed by atoms with E-state index < -0.39 is 10.1 Å². The van der Waals surface area contributed by atoms with Crippen LogP contribution < -0.4 is 0 Å². The maximum absolute atomic E-state index is 10.3. The highest BCUT2D eigenvalue weighted by molar-refractivity contribution is 7.85. The smallest absolute Gasteiger partial charge is 0.264 e. The predicted octanol–water partition coefficient (Wildman–Crippen LogP) is 0.123. The van der Waals surface area contributed by atoms with Crippen LogP contribution in [0.25, 0.3) is 0 Å². The lowest BCUT2D eigenvalue weighted by molar-refractivity contribution is 0.184. The number of rotatable bonds is 5. The van der Waals surface area contributed by atoms with Crippen LogP contribution >= 0.6 is 0 Å². The zero-order chi connectivity index (χ0) is 8.04. The summed E-state index contributed by atoms with van der Waals surface area (Å²) in [6.07, 6.45) is 2.21. The molecule has 0 radical (unpaired) electrons. The fourth-order valence-electron chi connectivity index (χ4n) is 0.317. The highest BCUT2D eigenvalue weighted by Crippen LogP contribution is 1.85. The van der Waals surface area contributed by atoms with Crippen molar-refractivity contribution in [3.63, 3.8) is 0 Å². The van der Waals surface area contributed by atoms with E-state index in [0.29, 0.717) is 0 Å². The van der Waals surface area contributed by atoms with E-state index in [2.05, 4.69) is 15.5 Å². The summed E-state index contributed by atoms with van der Waals surface area (Å²) in [6.45, 7) is 3.50. The second-order valence-corrected chi connectivity index (χ2v) is 3.21. The lowest BCUT2D eigenvalue weighted by Crippen LogP contribution is -2.07. The van der Waals surface area contributed by atoms with Gasteiger partial charge >= 0.3 is 0 Å². The van der Waals surface area contributed by atoms with Crippen LogP contribution in [0, 0.1) is 0 Å². The molecule has 0 atom stereocenters. The minimum absolute atomic E-state index is 0.0326. The molecule has 0 spiro atoms. The van der Waals surface area contributed by atoms with E-state index in [1.165, 1.54) is 6.26 Å². The molecular formula is C5H10O4S. The SMILES string of the molecule is C=COCCOS(C)(=O)=O. The molecule has 0 bridgehead atoms. The first-order chi connectivity index (χ1) is 4.56. The van der Waals surface area contributed by atoms with E-state index in [-0.39, 0.29) is 13.2 Å². The third kappa shape index (κ3) is 7.45. The summed E-state index contributed by atoms with van der Waals surface area (Å²) in [5.74, 6) is 0. The topological polar surface area (TPSA) is 52.6 Å².